The van der Waals surface area contributed by atoms with Gasteiger partial charge in [-0.2, -0.15) is 5.10 Å². The minimum atomic E-state index is -0.975. The molecule has 114 valence electrons. The van der Waals surface area contributed by atoms with Crippen molar-refractivity contribution in [2.75, 3.05) is 0 Å². The number of halogens is 2. The number of nitrogens with one attached hydrogen (secondary N) is 1. The fourth-order valence-electron chi connectivity index (χ4n) is 2.01. The number of aromatic nitrogens is 1. The minimum Gasteiger partial charge on any atom is -0.266 e. The molecule has 0 atom stereocenters. The number of nitrogens with zero attached hydrogens (tertiary/aromatic N) is 2. The Morgan fingerprint density at radius 1 is 1.04 bits per heavy atom. The third kappa shape index (κ3) is 3.37. The Kier molecular flexibility index (Phi) is 4.05. The summed E-state index contributed by atoms with van der Waals surface area (Å²) in [5, 5.41) is 4.64. The first-order valence-corrected chi connectivity index (χ1v) is 6.78. The normalized spacial score (nSPS) is 11.0. The van der Waals surface area contributed by atoms with Gasteiger partial charge in [-0.25, -0.2) is 19.2 Å². The molecule has 0 unspecified atom stereocenters. The maximum absolute atomic E-state index is 13.0. The molecule has 23 heavy (non-hydrogen) atoms. The van der Waals surface area contributed by atoms with Crippen molar-refractivity contribution in [3.8, 4) is 0 Å². The van der Waals surface area contributed by atoms with Crippen molar-refractivity contribution in [3.63, 3.8) is 0 Å². The van der Waals surface area contributed by atoms with Crippen molar-refractivity contribution in [1.29, 1.82) is 0 Å². The van der Waals surface area contributed by atoms with E-state index in [1.807, 2.05) is 18.2 Å². The zero-order valence-corrected chi connectivity index (χ0v) is 11.8. The summed E-state index contributed by atoms with van der Waals surface area (Å²) in [4.78, 5) is 16.2. The molecule has 0 fully saturated rings. The maximum atomic E-state index is 13.0. The lowest BCUT2D eigenvalue weighted by Crippen LogP contribution is -2.18. The molecule has 4 nitrogen and oxygen atoms in total. The molecular weight excluding hydrogens is 300 g/mol. The van der Waals surface area contributed by atoms with Gasteiger partial charge in [-0.3, -0.25) is 4.79 Å². The van der Waals surface area contributed by atoms with Gasteiger partial charge in [-0.1, -0.05) is 30.3 Å². The summed E-state index contributed by atoms with van der Waals surface area (Å²) in [5.74, 6) is -2.40. The zero-order chi connectivity index (χ0) is 16.2. The first kappa shape index (κ1) is 14.8. The Hall–Kier alpha value is -3.15. The van der Waals surface area contributed by atoms with Gasteiger partial charge in [0, 0.05) is 5.39 Å². The number of hydrogen-bond acceptors (Lipinski definition) is 3. The van der Waals surface area contributed by atoms with Crippen LogP contribution < -0.4 is 5.43 Å². The number of hydrazone groups is 1. The summed E-state index contributed by atoms with van der Waals surface area (Å²) in [5.41, 5.74) is 3.54. The van der Waals surface area contributed by atoms with Crippen molar-refractivity contribution >= 4 is 23.0 Å². The van der Waals surface area contributed by atoms with Crippen LogP contribution in [0.5, 0.6) is 0 Å². The van der Waals surface area contributed by atoms with Crippen LogP contribution in [-0.4, -0.2) is 17.1 Å². The Morgan fingerprint density at radius 3 is 2.70 bits per heavy atom. The van der Waals surface area contributed by atoms with Gasteiger partial charge in [0.25, 0.3) is 5.91 Å². The molecule has 1 N–H and O–H groups in total. The van der Waals surface area contributed by atoms with Crippen molar-refractivity contribution in [2.45, 2.75) is 0 Å². The van der Waals surface area contributed by atoms with Crippen LogP contribution in [-0.2, 0) is 0 Å². The molecule has 0 saturated heterocycles. The standard InChI is InChI=1S/C17H11F2N3O/c18-13-7-5-11(9-14(13)19)10-20-22-17(23)16-8-6-12-3-1-2-4-15(12)21-16/h1-10H,(H,22,23)/b20-10+. The number of rotatable bonds is 3. The van der Waals surface area contributed by atoms with Crippen LogP contribution in [0.3, 0.4) is 0 Å². The van der Waals surface area contributed by atoms with Crippen molar-refractivity contribution < 1.29 is 13.6 Å². The lowest BCUT2D eigenvalue weighted by molar-refractivity contribution is 0.0950. The van der Waals surface area contributed by atoms with E-state index in [1.54, 1.807) is 18.2 Å². The van der Waals surface area contributed by atoms with Crippen LogP contribution in [0.1, 0.15) is 16.1 Å². The Labute approximate surface area is 130 Å². The summed E-state index contributed by atoms with van der Waals surface area (Å²) in [6.45, 7) is 0. The molecular formula is C17H11F2N3O. The highest BCUT2D eigenvalue weighted by molar-refractivity contribution is 5.95. The number of para-hydroxylation sites is 1. The van der Waals surface area contributed by atoms with Crippen molar-refractivity contribution in [2.24, 2.45) is 5.10 Å². The molecule has 0 spiro atoms. The van der Waals surface area contributed by atoms with E-state index < -0.39 is 17.5 Å². The molecule has 3 rings (SSSR count). The number of benzene rings is 2. The van der Waals surface area contributed by atoms with E-state index in [-0.39, 0.29) is 5.69 Å². The van der Waals surface area contributed by atoms with Crippen LogP contribution >= 0.6 is 0 Å². The van der Waals surface area contributed by atoms with E-state index in [9.17, 15) is 13.6 Å². The highest BCUT2D eigenvalue weighted by Gasteiger charge is 2.07. The monoisotopic (exact) mass is 311 g/mol. The zero-order valence-electron chi connectivity index (χ0n) is 11.8. The number of carbonyl (C=O) groups excluding carboxylic acids is 1. The molecule has 0 aliphatic rings. The van der Waals surface area contributed by atoms with Crippen LogP contribution in [0, 0.1) is 11.6 Å². The predicted molar refractivity (Wildman–Crippen MR) is 83.2 cm³/mol. The molecule has 1 heterocycles. The molecule has 6 heteroatoms. The number of pyridine rings is 1. The molecule has 0 bridgehead atoms. The smallest absolute Gasteiger partial charge is 0.266 e. The number of fused-ring (bicyclic) bond motifs is 1. The molecule has 1 amide bonds. The highest BCUT2D eigenvalue weighted by Crippen LogP contribution is 2.11. The first-order valence-electron chi connectivity index (χ1n) is 6.78. The number of hydrogen-bond donors (Lipinski definition) is 1. The summed E-state index contributed by atoms with van der Waals surface area (Å²) >= 11 is 0. The summed E-state index contributed by atoms with van der Waals surface area (Å²) in [6, 6.07) is 14.1. The van der Waals surface area contributed by atoms with Gasteiger partial charge < -0.3 is 0 Å². The fourth-order valence-corrected chi connectivity index (χ4v) is 2.01. The van der Waals surface area contributed by atoms with Gasteiger partial charge in [0.1, 0.15) is 5.69 Å². The average molecular weight is 311 g/mol. The number of carbonyl (C=O) groups is 1. The average Bonchev–Trinajstić information content (AvgIpc) is 2.57. The lowest BCUT2D eigenvalue weighted by Gasteiger charge is -2.01. The molecule has 0 aliphatic heterocycles. The van der Waals surface area contributed by atoms with E-state index in [0.717, 1.165) is 17.5 Å². The molecule has 0 radical (unpaired) electrons. The molecule has 3 aromatic rings. The highest BCUT2D eigenvalue weighted by atomic mass is 19.2. The maximum Gasteiger partial charge on any atom is 0.289 e. The van der Waals surface area contributed by atoms with Crippen LogP contribution in [0.2, 0.25) is 0 Å². The second kappa shape index (κ2) is 6.31. The van der Waals surface area contributed by atoms with Crippen LogP contribution in [0.4, 0.5) is 8.78 Å². The lowest BCUT2D eigenvalue weighted by atomic mass is 10.2. The number of amides is 1. The van der Waals surface area contributed by atoms with Crippen molar-refractivity contribution in [3.05, 3.63) is 77.5 Å². The van der Waals surface area contributed by atoms with Gasteiger partial charge in [0.05, 0.1) is 11.7 Å². The van der Waals surface area contributed by atoms with Gasteiger partial charge in [0.15, 0.2) is 11.6 Å². The Bertz CT molecular complexity index is 909. The third-order valence-corrected chi connectivity index (χ3v) is 3.15. The van der Waals surface area contributed by atoms with Crippen molar-refractivity contribution in [1.82, 2.24) is 10.4 Å². The van der Waals surface area contributed by atoms with Crippen LogP contribution in [0.25, 0.3) is 10.9 Å². The Morgan fingerprint density at radius 2 is 1.87 bits per heavy atom. The molecule has 0 saturated carbocycles. The minimum absolute atomic E-state index is 0.214. The van der Waals surface area contributed by atoms with Gasteiger partial charge in [-0.05, 0) is 29.8 Å². The van der Waals surface area contributed by atoms with E-state index >= 15 is 0 Å². The predicted octanol–water partition coefficient (Wildman–Crippen LogP) is 3.28. The molecule has 0 aliphatic carbocycles. The first-order chi connectivity index (χ1) is 11.1. The van der Waals surface area contributed by atoms with E-state index in [4.69, 9.17) is 0 Å². The summed E-state index contributed by atoms with van der Waals surface area (Å²) in [7, 11) is 0. The second-order valence-corrected chi connectivity index (χ2v) is 4.76. The topological polar surface area (TPSA) is 54.4 Å². The summed E-state index contributed by atoms with van der Waals surface area (Å²) < 4.78 is 25.8. The fraction of sp³-hybridized carbons (Fsp3) is 0. The van der Waals surface area contributed by atoms with E-state index in [1.165, 1.54) is 12.3 Å². The second-order valence-electron chi connectivity index (χ2n) is 4.76. The van der Waals surface area contributed by atoms with Crippen LogP contribution in [0.15, 0.2) is 59.7 Å². The van der Waals surface area contributed by atoms with E-state index in [0.29, 0.717) is 11.1 Å². The van der Waals surface area contributed by atoms with Gasteiger partial charge in [-0.15, -0.1) is 0 Å². The van der Waals surface area contributed by atoms with Gasteiger partial charge in [0.2, 0.25) is 0 Å². The Balaban J connectivity index is 1.72. The van der Waals surface area contributed by atoms with Gasteiger partial charge >= 0.3 is 0 Å². The summed E-state index contributed by atoms with van der Waals surface area (Å²) in [6.07, 6.45) is 1.22. The molecule has 2 aromatic carbocycles. The quantitative estimate of drug-likeness (QED) is 0.596. The third-order valence-electron chi connectivity index (χ3n) is 3.15. The molecule has 1 aromatic heterocycles. The van der Waals surface area contributed by atoms with E-state index in [2.05, 4.69) is 15.5 Å². The largest absolute Gasteiger partial charge is 0.289 e. The SMILES string of the molecule is O=C(N/N=C/c1ccc(F)c(F)c1)c1ccc2ccccc2n1.